The van der Waals surface area contributed by atoms with Crippen molar-refractivity contribution in [1.82, 2.24) is 4.57 Å². The summed E-state index contributed by atoms with van der Waals surface area (Å²) in [6.45, 7) is 5.53. The molecule has 13 heteroatoms. The average Bonchev–Trinajstić information content (AvgIpc) is 3.39. The molecular weight excluding hydrogens is 672 g/mol. The van der Waals surface area contributed by atoms with Gasteiger partial charge in [-0.25, -0.2) is 14.6 Å². The number of aromatic nitrogens is 1. The molecule has 49 heavy (non-hydrogen) atoms. The van der Waals surface area contributed by atoms with Crippen LogP contribution in [0.3, 0.4) is 0 Å². The van der Waals surface area contributed by atoms with Crippen molar-refractivity contribution in [2.75, 3.05) is 34.0 Å². The fraction of sp³-hybridized carbons (Fsp3) is 0.278. The summed E-state index contributed by atoms with van der Waals surface area (Å²) in [5.41, 5.74) is 2.25. The summed E-state index contributed by atoms with van der Waals surface area (Å²) in [5, 5.41) is 0.589. The summed E-state index contributed by atoms with van der Waals surface area (Å²) >= 11 is 7.35. The Balaban J connectivity index is 1.64. The van der Waals surface area contributed by atoms with E-state index in [9.17, 15) is 14.4 Å². The van der Waals surface area contributed by atoms with Crippen LogP contribution in [0.1, 0.15) is 43.5 Å². The number of ether oxygens (including phenoxy) is 6. The summed E-state index contributed by atoms with van der Waals surface area (Å²) in [6, 6.07) is 16.8. The van der Waals surface area contributed by atoms with E-state index in [4.69, 9.17) is 35.3 Å². The van der Waals surface area contributed by atoms with Gasteiger partial charge in [0.1, 0.15) is 6.61 Å². The Morgan fingerprint density at radius 2 is 1.76 bits per heavy atom. The number of carbonyl (C=O) groups excluding carboxylic acids is 2. The van der Waals surface area contributed by atoms with Gasteiger partial charge >= 0.3 is 11.9 Å². The molecule has 256 valence electrons. The molecule has 5 rings (SSSR count). The highest BCUT2D eigenvalue weighted by atomic mass is 35.5. The first-order valence-electron chi connectivity index (χ1n) is 15.4. The van der Waals surface area contributed by atoms with E-state index in [1.165, 1.54) is 23.0 Å². The van der Waals surface area contributed by atoms with Gasteiger partial charge in [0.05, 0.1) is 49.3 Å². The molecule has 1 aromatic heterocycles. The first-order valence-corrected chi connectivity index (χ1v) is 16.6. The van der Waals surface area contributed by atoms with Crippen LogP contribution < -0.4 is 33.8 Å². The molecule has 0 radical (unpaired) electrons. The molecule has 0 amide bonds. The van der Waals surface area contributed by atoms with E-state index in [0.29, 0.717) is 60.8 Å². The molecule has 0 bridgehead atoms. The number of fused-ring (bicyclic) bond motifs is 1. The number of esters is 2. The molecule has 0 spiro atoms. The highest BCUT2D eigenvalue weighted by molar-refractivity contribution is 7.07. The van der Waals surface area contributed by atoms with Crippen molar-refractivity contribution in [1.29, 1.82) is 0 Å². The molecule has 1 aliphatic rings. The van der Waals surface area contributed by atoms with Crippen molar-refractivity contribution in [3.8, 4) is 23.0 Å². The van der Waals surface area contributed by atoms with Crippen LogP contribution in [0.4, 0.5) is 0 Å². The van der Waals surface area contributed by atoms with Crippen molar-refractivity contribution in [2.45, 2.75) is 33.4 Å². The Bertz CT molecular complexity index is 2090. The zero-order valence-electron chi connectivity index (χ0n) is 27.6. The van der Waals surface area contributed by atoms with Crippen LogP contribution in [0.25, 0.3) is 6.08 Å². The molecule has 0 aliphatic carbocycles. The molecule has 11 nitrogen and oxygen atoms in total. The third-order valence-corrected chi connectivity index (χ3v) is 8.68. The van der Waals surface area contributed by atoms with E-state index < -0.39 is 18.0 Å². The molecular formula is C36H35ClN2O9S. The minimum Gasteiger partial charge on any atom is -0.493 e. The predicted molar refractivity (Wildman–Crippen MR) is 184 cm³/mol. The van der Waals surface area contributed by atoms with E-state index in [-0.39, 0.29) is 31.0 Å². The van der Waals surface area contributed by atoms with E-state index in [1.54, 1.807) is 70.4 Å². The number of para-hydroxylation sites is 1. The molecule has 4 aromatic rings. The molecule has 1 atom stereocenters. The van der Waals surface area contributed by atoms with Gasteiger partial charge in [0.25, 0.3) is 5.56 Å². The zero-order valence-corrected chi connectivity index (χ0v) is 29.2. The first kappa shape index (κ1) is 35.2. The van der Waals surface area contributed by atoms with Crippen LogP contribution in [0.15, 0.2) is 81.7 Å². The van der Waals surface area contributed by atoms with E-state index in [2.05, 4.69) is 9.73 Å². The van der Waals surface area contributed by atoms with E-state index >= 15 is 0 Å². The van der Waals surface area contributed by atoms with Crippen LogP contribution in [0, 0.1) is 0 Å². The van der Waals surface area contributed by atoms with Crippen LogP contribution in [0.2, 0.25) is 5.02 Å². The Hall–Kier alpha value is -5.07. The number of hydrogen-bond acceptors (Lipinski definition) is 11. The third kappa shape index (κ3) is 7.82. The number of halogens is 1. The maximum absolute atomic E-state index is 14.3. The molecule has 3 aromatic carbocycles. The average molecular weight is 707 g/mol. The van der Waals surface area contributed by atoms with Crippen molar-refractivity contribution in [3.63, 3.8) is 0 Å². The lowest BCUT2D eigenvalue weighted by atomic mass is 9.95. The number of thiazole rings is 1. The highest BCUT2D eigenvalue weighted by Gasteiger charge is 2.34. The monoisotopic (exact) mass is 706 g/mol. The Labute approximate surface area is 291 Å². The lowest BCUT2D eigenvalue weighted by Gasteiger charge is -2.25. The maximum Gasteiger partial charge on any atom is 0.343 e. The van der Waals surface area contributed by atoms with Gasteiger partial charge in [-0.15, -0.1) is 0 Å². The Kier molecular flexibility index (Phi) is 11.4. The summed E-state index contributed by atoms with van der Waals surface area (Å²) < 4.78 is 35.3. The van der Waals surface area contributed by atoms with Gasteiger partial charge < -0.3 is 28.4 Å². The van der Waals surface area contributed by atoms with Crippen molar-refractivity contribution in [2.24, 2.45) is 4.99 Å². The number of allylic oxidation sites excluding steroid dienone is 1. The van der Waals surface area contributed by atoms with Crippen molar-refractivity contribution < 1.29 is 38.0 Å². The van der Waals surface area contributed by atoms with Gasteiger partial charge in [0.15, 0.2) is 34.4 Å². The second-order valence-electron chi connectivity index (χ2n) is 10.6. The van der Waals surface area contributed by atoms with Crippen LogP contribution >= 0.6 is 22.9 Å². The Morgan fingerprint density at radius 1 is 0.959 bits per heavy atom. The minimum atomic E-state index is -0.907. The lowest BCUT2D eigenvalue weighted by molar-refractivity contribution is -0.143. The summed E-state index contributed by atoms with van der Waals surface area (Å²) in [5.74, 6) is 0.388. The van der Waals surface area contributed by atoms with Crippen LogP contribution in [-0.4, -0.2) is 50.5 Å². The highest BCUT2D eigenvalue weighted by Crippen LogP contribution is 2.37. The largest absolute Gasteiger partial charge is 0.493 e. The molecule has 0 fully saturated rings. The fourth-order valence-corrected chi connectivity index (χ4v) is 6.52. The quantitative estimate of drug-likeness (QED) is 0.177. The molecule has 0 N–H and O–H groups in total. The number of methoxy groups -OCH3 is 2. The van der Waals surface area contributed by atoms with Crippen LogP contribution in [0.5, 0.6) is 23.0 Å². The lowest BCUT2D eigenvalue weighted by Crippen LogP contribution is -2.40. The smallest absolute Gasteiger partial charge is 0.343 e. The van der Waals surface area contributed by atoms with Gasteiger partial charge in [-0.05, 0) is 68.3 Å². The van der Waals surface area contributed by atoms with Crippen molar-refractivity contribution in [3.05, 3.63) is 113 Å². The Morgan fingerprint density at radius 3 is 2.47 bits per heavy atom. The second-order valence-corrected chi connectivity index (χ2v) is 12.0. The number of carbonyl (C=O) groups is 2. The normalized spacial score (nSPS) is 14.1. The number of hydrogen-bond donors (Lipinski definition) is 0. The number of nitrogens with zero attached hydrogens (tertiary/aromatic N) is 2. The predicted octanol–water partition coefficient (Wildman–Crippen LogP) is 4.99. The first-order chi connectivity index (χ1) is 23.7. The van der Waals surface area contributed by atoms with Gasteiger partial charge in [-0.1, -0.05) is 53.3 Å². The topological polar surface area (TPSA) is 124 Å². The molecule has 2 heterocycles. The van der Waals surface area contributed by atoms with Crippen molar-refractivity contribution >= 4 is 41.0 Å². The third-order valence-electron chi connectivity index (χ3n) is 7.46. The van der Waals surface area contributed by atoms with Crippen LogP contribution in [-0.2, 0) is 25.7 Å². The molecule has 1 aliphatic heterocycles. The van der Waals surface area contributed by atoms with Gasteiger partial charge in [-0.2, -0.15) is 0 Å². The number of rotatable bonds is 13. The molecule has 0 unspecified atom stereocenters. The summed E-state index contributed by atoms with van der Waals surface area (Å²) in [6.07, 6.45) is 1.72. The maximum atomic E-state index is 14.3. The standard InChI is InChI=1S/C36H35ClN2O9S/c1-6-45-28-17-23(14-15-26(28)47-20-30(40)44-5)32-31(35(42)46-7-2)21(3)38-36-39(32)34(41)29(49-36)18-24-11-9-13-27(43-4)33(24)48-19-22-10-8-12-25(37)16-22/h8-18,32H,6-7,19-20H2,1-5H3/b29-18+/t32-/m1/s1. The second kappa shape index (κ2) is 15.9. The van der Waals surface area contributed by atoms with E-state index in [1.807, 2.05) is 24.3 Å². The van der Waals surface area contributed by atoms with E-state index in [0.717, 1.165) is 5.56 Å². The molecule has 0 saturated heterocycles. The summed E-state index contributed by atoms with van der Waals surface area (Å²) in [7, 11) is 2.81. The zero-order chi connectivity index (χ0) is 35.1. The number of benzene rings is 3. The van der Waals surface area contributed by atoms with Gasteiger partial charge in [0.2, 0.25) is 0 Å². The summed E-state index contributed by atoms with van der Waals surface area (Å²) in [4.78, 5) is 44.5. The molecule has 0 saturated carbocycles. The van der Waals surface area contributed by atoms with Gasteiger partial charge in [-0.3, -0.25) is 9.36 Å². The SMILES string of the molecule is CCOC(=O)C1=C(C)N=c2s/c(=C/c3cccc(OC)c3OCc3cccc(Cl)c3)c(=O)n2[C@@H]1c1ccc(OCC(=O)OC)c(OCC)c1. The van der Waals surface area contributed by atoms with Gasteiger partial charge in [0, 0.05) is 10.6 Å². The minimum absolute atomic E-state index is 0.130. The fourth-order valence-electron chi connectivity index (χ4n) is 5.27.